The van der Waals surface area contributed by atoms with Crippen LogP contribution in [0.4, 0.5) is 0 Å². The topological polar surface area (TPSA) is 60.9 Å². The number of hydrogen-bond acceptors (Lipinski definition) is 4. The van der Waals surface area contributed by atoms with Crippen molar-refractivity contribution in [1.82, 2.24) is 9.21 Å². The molecule has 0 amide bonds. The Morgan fingerprint density at radius 1 is 1.25 bits per heavy atom. The lowest BCUT2D eigenvalue weighted by atomic mass is 9.75. The Kier molecular flexibility index (Phi) is 5.30. The van der Waals surface area contributed by atoms with Gasteiger partial charge >= 0.3 is 0 Å². The highest BCUT2D eigenvalue weighted by molar-refractivity contribution is 7.89. The maximum atomic E-state index is 12.4. The summed E-state index contributed by atoms with van der Waals surface area (Å²) in [5.74, 6) is 0.576. The lowest BCUT2D eigenvalue weighted by molar-refractivity contribution is 0.0410. The predicted octanol–water partition coefficient (Wildman–Crippen LogP) is 1.54. The van der Waals surface area contributed by atoms with Gasteiger partial charge in [0.25, 0.3) is 0 Å². The Morgan fingerprint density at radius 3 is 2.67 bits per heavy atom. The molecule has 2 atom stereocenters. The minimum absolute atomic E-state index is 0.0566. The van der Waals surface area contributed by atoms with Crippen molar-refractivity contribution in [3.8, 4) is 0 Å². The standard InChI is InChI=1S/C18H28N2O3S/c1-2-10-24(22,23)20-9-8-17-12-19(13-18(17,14-20)15-21)11-16-6-4-3-5-7-16/h3-7,17,21H,2,8-15H2,1H3/t17-,18-/m0/s1. The molecule has 1 aromatic carbocycles. The lowest BCUT2D eigenvalue weighted by Gasteiger charge is -2.42. The Morgan fingerprint density at radius 2 is 2.00 bits per heavy atom. The fourth-order valence-corrected chi connectivity index (χ4v) is 5.88. The van der Waals surface area contributed by atoms with Crippen molar-refractivity contribution in [3.63, 3.8) is 0 Å². The molecule has 2 saturated heterocycles. The number of likely N-dealkylation sites (tertiary alicyclic amines) is 1. The summed E-state index contributed by atoms with van der Waals surface area (Å²) in [4.78, 5) is 2.37. The number of rotatable bonds is 6. The lowest BCUT2D eigenvalue weighted by Crippen LogP contribution is -2.53. The second-order valence-corrected chi connectivity index (χ2v) is 9.40. The van der Waals surface area contributed by atoms with Crippen molar-refractivity contribution in [2.24, 2.45) is 11.3 Å². The zero-order chi connectivity index (χ0) is 17.2. The largest absolute Gasteiger partial charge is 0.396 e. The number of hydrogen-bond donors (Lipinski definition) is 1. The molecule has 0 bridgehead atoms. The second-order valence-electron chi connectivity index (χ2n) is 7.31. The summed E-state index contributed by atoms with van der Waals surface area (Å²) in [6.07, 6.45) is 1.48. The van der Waals surface area contributed by atoms with E-state index in [-0.39, 0.29) is 17.8 Å². The highest BCUT2D eigenvalue weighted by atomic mass is 32.2. The molecule has 1 aromatic rings. The summed E-state index contributed by atoms with van der Waals surface area (Å²) < 4.78 is 26.5. The first-order valence-electron chi connectivity index (χ1n) is 8.84. The van der Waals surface area contributed by atoms with Crippen LogP contribution in [0.15, 0.2) is 30.3 Å². The first-order valence-corrected chi connectivity index (χ1v) is 10.4. The van der Waals surface area contributed by atoms with Crippen LogP contribution in [0.2, 0.25) is 0 Å². The van der Waals surface area contributed by atoms with Gasteiger partial charge in [-0.3, -0.25) is 4.90 Å². The Balaban J connectivity index is 1.73. The molecule has 0 aliphatic carbocycles. The van der Waals surface area contributed by atoms with Gasteiger partial charge < -0.3 is 5.11 Å². The van der Waals surface area contributed by atoms with E-state index in [1.807, 2.05) is 25.1 Å². The molecule has 24 heavy (non-hydrogen) atoms. The van der Waals surface area contributed by atoms with E-state index < -0.39 is 10.0 Å². The van der Waals surface area contributed by atoms with Gasteiger partial charge in [0.05, 0.1) is 12.4 Å². The highest BCUT2D eigenvalue weighted by Crippen LogP contribution is 2.43. The van der Waals surface area contributed by atoms with Crippen LogP contribution in [0.25, 0.3) is 0 Å². The molecule has 0 spiro atoms. The van der Waals surface area contributed by atoms with Crippen molar-refractivity contribution in [2.45, 2.75) is 26.3 Å². The molecule has 0 saturated carbocycles. The molecule has 1 N–H and O–H groups in total. The third-order valence-electron chi connectivity index (χ3n) is 5.52. The van der Waals surface area contributed by atoms with E-state index in [4.69, 9.17) is 0 Å². The van der Waals surface area contributed by atoms with Gasteiger partial charge in [-0.2, -0.15) is 0 Å². The molecular formula is C18H28N2O3S. The predicted molar refractivity (Wildman–Crippen MR) is 95.0 cm³/mol. The third-order valence-corrected chi connectivity index (χ3v) is 7.54. The summed E-state index contributed by atoms with van der Waals surface area (Å²) in [5.41, 5.74) is 0.952. The van der Waals surface area contributed by atoms with Gasteiger partial charge in [-0.15, -0.1) is 0 Å². The molecule has 3 rings (SSSR count). The first kappa shape index (κ1) is 17.9. The van der Waals surface area contributed by atoms with Gasteiger partial charge in [0.2, 0.25) is 10.0 Å². The monoisotopic (exact) mass is 352 g/mol. The number of aliphatic hydroxyl groups is 1. The van der Waals surface area contributed by atoms with E-state index in [9.17, 15) is 13.5 Å². The second kappa shape index (κ2) is 7.12. The minimum atomic E-state index is -3.19. The van der Waals surface area contributed by atoms with Crippen LogP contribution in [-0.4, -0.2) is 61.3 Å². The fourth-order valence-electron chi connectivity index (χ4n) is 4.27. The molecule has 0 radical (unpaired) electrons. The van der Waals surface area contributed by atoms with E-state index in [0.717, 1.165) is 26.1 Å². The normalized spacial score (nSPS) is 28.8. The van der Waals surface area contributed by atoms with Gasteiger partial charge in [-0.1, -0.05) is 37.3 Å². The van der Waals surface area contributed by atoms with E-state index in [1.165, 1.54) is 5.56 Å². The average Bonchev–Trinajstić information content (AvgIpc) is 2.93. The van der Waals surface area contributed by atoms with E-state index in [1.54, 1.807) is 4.31 Å². The maximum absolute atomic E-state index is 12.4. The Hall–Kier alpha value is -0.950. The molecular weight excluding hydrogens is 324 g/mol. The van der Waals surface area contributed by atoms with Crippen molar-refractivity contribution in [2.75, 3.05) is 38.5 Å². The number of benzene rings is 1. The molecule has 2 fully saturated rings. The average molecular weight is 353 g/mol. The number of nitrogens with zero attached hydrogens (tertiary/aromatic N) is 2. The van der Waals surface area contributed by atoms with E-state index in [0.29, 0.717) is 25.4 Å². The number of aliphatic hydroxyl groups excluding tert-OH is 1. The van der Waals surface area contributed by atoms with Gasteiger partial charge in [-0.05, 0) is 24.3 Å². The summed E-state index contributed by atoms with van der Waals surface area (Å²) in [6.45, 7) is 5.57. The maximum Gasteiger partial charge on any atom is 0.214 e. The first-order chi connectivity index (χ1) is 11.5. The quantitative estimate of drug-likeness (QED) is 0.844. The molecule has 0 unspecified atom stereocenters. The van der Waals surface area contributed by atoms with Crippen LogP contribution in [0.5, 0.6) is 0 Å². The van der Waals surface area contributed by atoms with Crippen molar-refractivity contribution < 1.29 is 13.5 Å². The van der Waals surface area contributed by atoms with Crippen LogP contribution in [0.3, 0.4) is 0 Å². The van der Waals surface area contributed by atoms with Crippen LogP contribution in [-0.2, 0) is 16.6 Å². The van der Waals surface area contributed by atoms with Crippen molar-refractivity contribution >= 4 is 10.0 Å². The van der Waals surface area contributed by atoms with Crippen molar-refractivity contribution in [1.29, 1.82) is 0 Å². The summed E-state index contributed by atoms with van der Waals surface area (Å²) in [5, 5.41) is 10.1. The summed E-state index contributed by atoms with van der Waals surface area (Å²) in [6, 6.07) is 10.3. The number of sulfonamides is 1. The molecule has 0 aromatic heterocycles. The van der Waals surface area contributed by atoms with Crippen LogP contribution in [0.1, 0.15) is 25.3 Å². The van der Waals surface area contributed by atoms with Crippen molar-refractivity contribution in [3.05, 3.63) is 35.9 Å². The Labute approximate surface area is 145 Å². The summed E-state index contributed by atoms with van der Waals surface area (Å²) in [7, 11) is -3.19. The minimum Gasteiger partial charge on any atom is -0.396 e. The number of piperidine rings is 1. The molecule has 2 heterocycles. The summed E-state index contributed by atoms with van der Waals surface area (Å²) >= 11 is 0. The third kappa shape index (κ3) is 3.52. The highest BCUT2D eigenvalue weighted by Gasteiger charge is 2.50. The fraction of sp³-hybridized carbons (Fsp3) is 0.667. The van der Waals surface area contributed by atoms with Crippen LogP contribution < -0.4 is 0 Å². The molecule has 6 heteroatoms. The van der Waals surface area contributed by atoms with E-state index in [2.05, 4.69) is 17.0 Å². The van der Waals surface area contributed by atoms with Crippen LogP contribution >= 0.6 is 0 Å². The van der Waals surface area contributed by atoms with Gasteiger partial charge in [-0.25, -0.2) is 12.7 Å². The molecule has 2 aliphatic heterocycles. The zero-order valence-electron chi connectivity index (χ0n) is 14.4. The molecule has 134 valence electrons. The Bertz CT molecular complexity index is 649. The van der Waals surface area contributed by atoms with Gasteiger partial charge in [0.1, 0.15) is 0 Å². The van der Waals surface area contributed by atoms with Crippen LogP contribution in [0, 0.1) is 11.3 Å². The zero-order valence-corrected chi connectivity index (χ0v) is 15.2. The number of fused-ring (bicyclic) bond motifs is 1. The smallest absolute Gasteiger partial charge is 0.214 e. The van der Waals surface area contributed by atoms with E-state index >= 15 is 0 Å². The SMILES string of the molecule is CCCS(=O)(=O)N1CC[C@H]2CN(Cc3ccccc3)C[C@@]2(CO)C1. The van der Waals surface area contributed by atoms with Gasteiger partial charge in [0, 0.05) is 38.1 Å². The molecule has 2 aliphatic rings. The molecule has 5 nitrogen and oxygen atoms in total. The van der Waals surface area contributed by atoms with Gasteiger partial charge in [0.15, 0.2) is 0 Å².